The predicted molar refractivity (Wildman–Crippen MR) is 150 cm³/mol. The van der Waals surface area contributed by atoms with Gasteiger partial charge < -0.3 is 9.47 Å². The molecule has 2 unspecified atom stereocenters. The van der Waals surface area contributed by atoms with Crippen molar-refractivity contribution in [1.29, 1.82) is 0 Å². The first-order valence-electron chi connectivity index (χ1n) is 12.9. The van der Waals surface area contributed by atoms with Crippen molar-refractivity contribution >= 4 is 29.3 Å². The Morgan fingerprint density at radius 3 is 2.62 bits per heavy atom. The van der Waals surface area contributed by atoms with Crippen LogP contribution in [0.1, 0.15) is 51.2 Å². The van der Waals surface area contributed by atoms with Gasteiger partial charge in [-0.05, 0) is 62.9 Å². The van der Waals surface area contributed by atoms with Crippen LogP contribution in [0.2, 0.25) is 5.02 Å². The lowest BCUT2D eigenvalue weighted by Gasteiger charge is -2.42. The van der Waals surface area contributed by atoms with Crippen LogP contribution in [-0.2, 0) is 12.3 Å². The van der Waals surface area contributed by atoms with E-state index in [2.05, 4.69) is 20.3 Å². The molecule has 1 amide bonds. The molecule has 3 aromatic heterocycles. The fraction of sp³-hybridized carbons (Fsp3) is 0.357. The molecule has 1 saturated heterocycles. The summed E-state index contributed by atoms with van der Waals surface area (Å²) in [5.74, 6) is 0.579. The van der Waals surface area contributed by atoms with Crippen molar-refractivity contribution in [1.82, 2.24) is 34.4 Å². The zero-order valence-electron chi connectivity index (χ0n) is 22.0. The topological polar surface area (TPSA) is 98.8 Å². The van der Waals surface area contributed by atoms with Crippen LogP contribution in [0.3, 0.4) is 0 Å². The molecule has 0 aliphatic carbocycles. The van der Waals surface area contributed by atoms with Gasteiger partial charge in [0.15, 0.2) is 10.9 Å². The highest BCUT2D eigenvalue weighted by Gasteiger charge is 2.38. The molecule has 1 aromatic carbocycles. The van der Waals surface area contributed by atoms with Gasteiger partial charge in [0.05, 0.1) is 11.4 Å². The molecule has 0 saturated carbocycles. The molecule has 2 aliphatic rings. The predicted octanol–water partition coefficient (Wildman–Crippen LogP) is 4.35. The monoisotopic (exact) mass is 561 g/mol. The molecule has 2 bridgehead atoms. The Bertz CT molecular complexity index is 1630. The highest BCUT2D eigenvalue weighted by molar-refractivity contribution is 7.98. The molecule has 0 spiro atoms. The second-order valence-corrected chi connectivity index (χ2v) is 11.7. The summed E-state index contributed by atoms with van der Waals surface area (Å²) in [6, 6.07) is 13.0. The van der Waals surface area contributed by atoms with E-state index in [4.69, 9.17) is 11.6 Å². The van der Waals surface area contributed by atoms with E-state index in [1.807, 2.05) is 60.6 Å². The molecule has 2 aliphatic heterocycles. The first-order valence-corrected chi connectivity index (χ1v) is 14.3. The van der Waals surface area contributed by atoms with Gasteiger partial charge in [-0.15, -0.1) is 5.10 Å². The first kappa shape index (κ1) is 25.8. The van der Waals surface area contributed by atoms with Crippen molar-refractivity contribution in [2.24, 2.45) is 5.92 Å². The minimum absolute atomic E-state index is 0.0228. The number of benzene rings is 1. The van der Waals surface area contributed by atoms with Crippen molar-refractivity contribution in [2.45, 2.75) is 50.6 Å². The second kappa shape index (κ2) is 10.2. The van der Waals surface area contributed by atoms with Crippen LogP contribution >= 0.6 is 23.4 Å². The molecular formula is C28H28ClN7O2S. The van der Waals surface area contributed by atoms with Gasteiger partial charge in [-0.3, -0.25) is 9.59 Å². The Balaban J connectivity index is 1.34. The number of aryl methyl sites for hydroxylation is 3. The van der Waals surface area contributed by atoms with Crippen molar-refractivity contribution in [3.63, 3.8) is 0 Å². The SMILES string of the molecule is Cc1cc(C)nc(SCc2c(C(=O)N3CC4CC(C3)c3cccc(=O)n3C4)nnn2-c2ccc(C)c(Cl)c2)n1. The number of pyridine rings is 1. The van der Waals surface area contributed by atoms with Crippen LogP contribution in [0.15, 0.2) is 52.4 Å². The zero-order valence-corrected chi connectivity index (χ0v) is 23.5. The Morgan fingerprint density at radius 1 is 1.05 bits per heavy atom. The van der Waals surface area contributed by atoms with E-state index < -0.39 is 0 Å². The van der Waals surface area contributed by atoms with Gasteiger partial charge in [0, 0.05) is 59.5 Å². The maximum Gasteiger partial charge on any atom is 0.276 e. The lowest BCUT2D eigenvalue weighted by Crippen LogP contribution is -2.49. The van der Waals surface area contributed by atoms with Crippen LogP contribution in [0.25, 0.3) is 5.69 Å². The standard InChI is InChI=1S/C28H28ClN7O2S/c1-16-7-8-21(11-22(16)29)36-24(15-39-28-30-17(2)9-18(3)31-28)26(32-33-36)27(38)34-12-19-10-20(14-34)23-5-4-6-25(37)35(23)13-19/h4-9,11,19-20H,10,12-15H2,1-3H3. The number of likely N-dealkylation sites (tertiary alicyclic amines) is 1. The first-order chi connectivity index (χ1) is 18.8. The molecule has 5 heterocycles. The van der Waals surface area contributed by atoms with Gasteiger partial charge in [0.2, 0.25) is 0 Å². The molecular weight excluding hydrogens is 534 g/mol. The number of aromatic nitrogens is 6. The average Bonchev–Trinajstić information content (AvgIpc) is 3.32. The number of nitrogens with zero attached hydrogens (tertiary/aromatic N) is 7. The molecule has 6 rings (SSSR count). The minimum Gasteiger partial charge on any atom is -0.336 e. The molecule has 2 atom stereocenters. The van der Waals surface area contributed by atoms with E-state index in [1.165, 1.54) is 11.8 Å². The smallest absolute Gasteiger partial charge is 0.276 e. The second-order valence-electron chi connectivity index (χ2n) is 10.4. The van der Waals surface area contributed by atoms with Gasteiger partial charge in [-0.1, -0.05) is 40.7 Å². The molecule has 0 radical (unpaired) electrons. The summed E-state index contributed by atoms with van der Waals surface area (Å²) >= 11 is 7.88. The van der Waals surface area contributed by atoms with Crippen molar-refractivity contribution in [3.8, 4) is 5.69 Å². The van der Waals surface area contributed by atoms with Gasteiger partial charge in [-0.2, -0.15) is 0 Å². The number of piperidine rings is 1. The Kier molecular flexibility index (Phi) is 6.76. The van der Waals surface area contributed by atoms with Gasteiger partial charge >= 0.3 is 0 Å². The number of rotatable bonds is 5. The number of hydrogen-bond acceptors (Lipinski definition) is 7. The van der Waals surface area contributed by atoms with E-state index >= 15 is 0 Å². The summed E-state index contributed by atoms with van der Waals surface area (Å²) in [6.45, 7) is 7.55. The number of carbonyl (C=O) groups excluding carboxylic acids is 1. The summed E-state index contributed by atoms with van der Waals surface area (Å²) in [5, 5.41) is 10.0. The number of amides is 1. The third-order valence-electron chi connectivity index (χ3n) is 7.43. The number of carbonyl (C=O) groups is 1. The van der Waals surface area contributed by atoms with Gasteiger partial charge in [0.25, 0.3) is 11.5 Å². The fourth-order valence-corrected chi connectivity index (χ4v) is 6.74. The van der Waals surface area contributed by atoms with Crippen LogP contribution in [0, 0.1) is 26.7 Å². The largest absolute Gasteiger partial charge is 0.336 e. The van der Waals surface area contributed by atoms with Crippen LogP contribution < -0.4 is 5.56 Å². The summed E-state index contributed by atoms with van der Waals surface area (Å²) in [5.41, 5.74) is 5.46. The third-order valence-corrected chi connectivity index (χ3v) is 8.70. The average molecular weight is 562 g/mol. The van der Waals surface area contributed by atoms with Gasteiger partial charge in [-0.25, -0.2) is 14.6 Å². The molecule has 4 aromatic rings. The molecule has 11 heteroatoms. The Hall–Kier alpha value is -3.50. The Morgan fingerprint density at radius 2 is 1.85 bits per heavy atom. The highest BCUT2D eigenvalue weighted by atomic mass is 35.5. The maximum atomic E-state index is 14.0. The summed E-state index contributed by atoms with van der Waals surface area (Å²) < 4.78 is 3.55. The van der Waals surface area contributed by atoms with Crippen molar-refractivity contribution in [3.05, 3.63) is 91.9 Å². The lowest BCUT2D eigenvalue weighted by atomic mass is 9.83. The zero-order chi connectivity index (χ0) is 27.3. The van der Waals surface area contributed by atoms with Crippen molar-refractivity contribution < 1.29 is 4.79 Å². The molecule has 0 N–H and O–H groups in total. The molecule has 39 heavy (non-hydrogen) atoms. The van der Waals surface area contributed by atoms with E-state index in [9.17, 15) is 9.59 Å². The molecule has 1 fully saturated rings. The maximum absolute atomic E-state index is 14.0. The quantitative estimate of drug-likeness (QED) is 0.264. The molecule has 9 nitrogen and oxygen atoms in total. The number of halogens is 1. The van der Waals surface area contributed by atoms with Gasteiger partial charge in [0.1, 0.15) is 0 Å². The number of fused-ring (bicyclic) bond motifs is 4. The lowest BCUT2D eigenvalue weighted by molar-refractivity contribution is 0.0588. The minimum atomic E-state index is -0.155. The Labute approximate surface area is 235 Å². The summed E-state index contributed by atoms with van der Waals surface area (Å²) in [4.78, 5) is 37.4. The van der Waals surface area contributed by atoms with Crippen molar-refractivity contribution in [2.75, 3.05) is 13.1 Å². The van der Waals surface area contributed by atoms with Crippen LogP contribution in [0.5, 0.6) is 0 Å². The third kappa shape index (κ3) is 4.98. The van der Waals surface area contributed by atoms with E-state index in [0.29, 0.717) is 47.0 Å². The molecule has 200 valence electrons. The highest BCUT2D eigenvalue weighted by Crippen LogP contribution is 2.36. The van der Waals surface area contributed by atoms with Crippen LogP contribution in [0.4, 0.5) is 0 Å². The van der Waals surface area contributed by atoms with E-state index in [0.717, 1.165) is 34.8 Å². The van der Waals surface area contributed by atoms with E-state index in [1.54, 1.807) is 16.8 Å². The number of thioether (sulfide) groups is 1. The normalized spacial score (nSPS) is 18.2. The van der Waals surface area contributed by atoms with Crippen LogP contribution in [-0.4, -0.2) is 53.4 Å². The summed E-state index contributed by atoms with van der Waals surface area (Å²) in [7, 11) is 0. The fourth-order valence-electron chi connectivity index (χ4n) is 5.62. The van der Waals surface area contributed by atoms with E-state index in [-0.39, 0.29) is 23.3 Å². The summed E-state index contributed by atoms with van der Waals surface area (Å²) in [6.07, 6.45) is 0.967. The number of hydrogen-bond donors (Lipinski definition) is 0.